The number of methoxy groups -OCH3 is 2. The molecule has 0 amide bonds. The fourth-order valence-corrected chi connectivity index (χ4v) is 3.40. The Kier molecular flexibility index (Phi) is 4.03. The number of benzene rings is 1. The SMILES string of the molecule is COc1ccc(C(=O)c2cc3c(o2)C(=O)C2=CC=CCC2C3=O)cc1OC. The van der Waals surface area contributed by atoms with E-state index in [0.29, 0.717) is 29.1 Å². The lowest BCUT2D eigenvalue weighted by atomic mass is 9.77. The Morgan fingerprint density at radius 1 is 1.11 bits per heavy atom. The summed E-state index contributed by atoms with van der Waals surface area (Å²) in [5.74, 6) is -0.725. The van der Waals surface area contributed by atoms with Gasteiger partial charge in [0.05, 0.1) is 25.7 Å². The maximum Gasteiger partial charge on any atom is 0.228 e. The predicted molar refractivity (Wildman–Crippen MR) is 95.7 cm³/mol. The average Bonchev–Trinajstić information content (AvgIpc) is 3.17. The van der Waals surface area contributed by atoms with Gasteiger partial charge in [-0.05, 0) is 30.7 Å². The van der Waals surface area contributed by atoms with Crippen LogP contribution in [0.2, 0.25) is 0 Å². The molecule has 4 rings (SSSR count). The van der Waals surface area contributed by atoms with E-state index < -0.39 is 11.7 Å². The highest BCUT2D eigenvalue weighted by Gasteiger charge is 2.40. The number of carbonyl (C=O) groups excluding carboxylic acids is 3. The first-order valence-corrected chi connectivity index (χ1v) is 8.41. The molecule has 2 aliphatic rings. The van der Waals surface area contributed by atoms with Gasteiger partial charge in [0.1, 0.15) is 0 Å². The van der Waals surface area contributed by atoms with Crippen LogP contribution in [0.3, 0.4) is 0 Å². The summed E-state index contributed by atoms with van der Waals surface area (Å²) in [6.07, 6.45) is 5.70. The molecular formula is C21H16O6. The summed E-state index contributed by atoms with van der Waals surface area (Å²) < 4.78 is 15.9. The zero-order valence-electron chi connectivity index (χ0n) is 14.8. The molecule has 0 bridgehead atoms. The van der Waals surface area contributed by atoms with Crippen molar-refractivity contribution in [1.82, 2.24) is 0 Å². The van der Waals surface area contributed by atoms with Gasteiger partial charge in [0.2, 0.25) is 11.6 Å². The fourth-order valence-electron chi connectivity index (χ4n) is 3.40. The first kappa shape index (κ1) is 17.0. The molecular weight excluding hydrogens is 348 g/mol. The molecule has 0 fully saturated rings. The lowest BCUT2D eigenvalue weighted by Gasteiger charge is -2.22. The second-order valence-corrected chi connectivity index (χ2v) is 6.28. The van der Waals surface area contributed by atoms with Crippen LogP contribution in [-0.2, 0) is 0 Å². The van der Waals surface area contributed by atoms with E-state index in [9.17, 15) is 14.4 Å². The van der Waals surface area contributed by atoms with Crippen molar-refractivity contribution in [3.05, 3.63) is 70.7 Å². The van der Waals surface area contributed by atoms with E-state index in [2.05, 4.69) is 0 Å². The van der Waals surface area contributed by atoms with E-state index >= 15 is 0 Å². The summed E-state index contributed by atoms with van der Waals surface area (Å²) in [6.45, 7) is 0. The number of hydrogen-bond acceptors (Lipinski definition) is 6. The molecule has 0 saturated carbocycles. The largest absolute Gasteiger partial charge is 0.493 e. The summed E-state index contributed by atoms with van der Waals surface area (Å²) in [6, 6.07) is 6.07. The second kappa shape index (κ2) is 6.39. The molecule has 2 aliphatic carbocycles. The summed E-state index contributed by atoms with van der Waals surface area (Å²) in [5.41, 5.74) is 0.882. The van der Waals surface area contributed by atoms with Crippen molar-refractivity contribution in [2.75, 3.05) is 14.2 Å². The zero-order valence-corrected chi connectivity index (χ0v) is 14.8. The van der Waals surface area contributed by atoms with Gasteiger partial charge in [-0.15, -0.1) is 0 Å². The van der Waals surface area contributed by atoms with Gasteiger partial charge in [-0.2, -0.15) is 0 Å². The molecule has 6 nitrogen and oxygen atoms in total. The molecule has 1 aromatic heterocycles. The third kappa shape index (κ3) is 2.61. The molecule has 1 atom stereocenters. The first-order valence-electron chi connectivity index (χ1n) is 8.41. The van der Waals surface area contributed by atoms with Crippen molar-refractivity contribution in [3.8, 4) is 11.5 Å². The van der Waals surface area contributed by atoms with Crippen LogP contribution in [0.4, 0.5) is 0 Å². The normalized spacial score (nSPS) is 17.9. The topological polar surface area (TPSA) is 82.8 Å². The third-order valence-electron chi connectivity index (χ3n) is 4.81. The molecule has 27 heavy (non-hydrogen) atoms. The van der Waals surface area contributed by atoms with Gasteiger partial charge < -0.3 is 13.9 Å². The second-order valence-electron chi connectivity index (χ2n) is 6.28. The van der Waals surface area contributed by atoms with E-state index in [1.54, 1.807) is 24.3 Å². The predicted octanol–water partition coefficient (Wildman–Crippen LogP) is 3.41. The maximum atomic E-state index is 12.8. The first-order chi connectivity index (χ1) is 13.0. The monoisotopic (exact) mass is 364 g/mol. The number of hydrogen-bond donors (Lipinski definition) is 0. The van der Waals surface area contributed by atoms with Crippen LogP contribution >= 0.6 is 0 Å². The lowest BCUT2D eigenvalue weighted by Crippen LogP contribution is -2.29. The molecule has 0 N–H and O–H groups in total. The summed E-state index contributed by atoms with van der Waals surface area (Å²) >= 11 is 0. The van der Waals surface area contributed by atoms with Crippen molar-refractivity contribution in [3.63, 3.8) is 0 Å². The standard InChI is InChI=1S/C21H16O6/c1-25-15-8-7-11(9-16(15)26-2)18(22)17-10-14-19(23)12-5-3-4-6-13(12)20(24)21(14)27-17/h3-4,6-10,12H,5H2,1-2H3. The molecule has 1 heterocycles. The number of carbonyl (C=O) groups is 3. The van der Waals surface area contributed by atoms with Crippen LogP contribution in [0.25, 0.3) is 0 Å². The number of ketones is 3. The van der Waals surface area contributed by atoms with Gasteiger partial charge in [-0.1, -0.05) is 18.2 Å². The van der Waals surface area contributed by atoms with E-state index in [4.69, 9.17) is 13.9 Å². The number of ether oxygens (including phenoxy) is 2. The van der Waals surface area contributed by atoms with Gasteiger partial charge in [0, 0.05) is 11.1 Å². The van der Waals surface area contributed by atoms with Gasteiger partial charge in [0.25, 0.3) is 0 Å². The molecule has 1 unspecified atom stereocenters. The molecule has 0 spiro atoms. The van der Waals surface area contributed by atoms with E-state index in [1.807, 2.05) is 6.08 Å². The highest BCUT2D eigenvalue weighted by atomic mass is 16.5. The van der Waals surface area contributed by atoms with E-state index in [1.165, 1.54) is 26.4 Å². The Morgan fingerprint density at radius 2 is 1.89 bits per heavy atom. The Hall–Kier alpha value is -3.41. The average molecular weight is 364 g/mol. The third-order valence-corrected chi connectivity index (χ3v) is 4.81. The zero-order chi connectivity index (χ0) is 19.1. The van der Waals surface area contributed by atoms with Crippen molar-refractivity contribution in [1.29, 1.82) is 0 Å². The van der Waals surface area contributed by atoms with Crippen molar-refractivity contribution >= 4 is 17.3 Å². The Balaban J connectivity index is 1.74. The number of rotatable bonds is 4. The molecule has 1 aromatic carbocycles. The van der Waals surface area contributed by atoms with Crippen LogP contribution in [0.1, 0.15) is 43.5 Å². The highest BCUT2D eigenvalue weighted by molar-refractivity contribution is 6.23. The maximum absolute atomic E-state index is 12.8. The summed E-state index contributed by atoms with van der Waals surface area (Å²) in [5, 5.41) is 0. The van der Waals surface area contributed by atoms with Gasteiger partial charge in [0.15, 0.2) is 28.8 Å². The molecule has 6 heteroatoms. The van der Waals surface area contributed by atoms with E-state index in [-0.39, 0.29) is 28.7 Å². The van der Waals surface area contributed by atoms with Crippen LogP contribution in [0.15, 0.2) is 52.5 Å². The Labute approximate surface area is 155 Å². The minimum atomic E-state index is -0.503. The fraction of sp³-hybridized carbons (Fsp3) is 0.190. The Morgan fingerprint density at radius 3 is 2.63 bits per heavy atom. The van der Waals surface area contributed by atoms with Crippen LogP contribution in [0.5, 0.6) is 11.5 Å². The minimum Gasteiger partial charge on any atom is -0.493 e. The molecule has 0 radical (unpaired) electrons. The summed E-state index contributed by atoms with van der Waals surface area (Å²) in [7, 11) is 2.97. The number of furan rings is 1. The molecule has 0 aliphatic heterocycles. The van der Waals surface area contributed by atoms with Crippen LogP contribution in [-0.4, -0.2) is 31.6 Å². The molecule has 0 saturated heterocycles. The van der Waals surface area contributed by atoms with Crippen LogP contribution < -0.4 is 9.47 Å². The lowest BCUT2D eigenvalue weighted by molar-refractivity contribution is 0.0865. The van der Waals surface area contributed by atoms with Crippen molar-refractivity contribution in [2.45, 2.75) is 6.42 Å². The highest BCUT2D eigenvalue weighted by Crippen LogP contribution is 2.36. The van der Waals surface area contributed by atoms with Crippen molar-refractivity contribution < 1.29 is 28.3 Å². The molecule has 136 valence electrons. The van der Waals surface area contributed by atoms with Crippen LogP contribution in [0, 0.1) is 5.92 Å². The summed E-state index contributed by atoms with van der Waals surface area (Å²) in [4.78, 5) is 38.2. The van der Waals surface area contributed by atoms with Gasteiger partial charge >= 0.3 is 0 Å². The number of fused-ring (bicyclic) bond motifs is 2. The minimum absolute atomic E-state index is 0.0545. The number of allylic oxidation sites excluding steroid dienone is 4. The quantitative estimate of drug-likeness (QED) is 0.773. The van der Waals surface area contributed by atoms with Gasteiger partial charge in [-0.25, -0.2) is 0 Å². The Bertz CT molecular complexity index is 1040. The smallest absolute Gasteiger partial charge is 0.228 e. The van der Waals surface area contributed by atoms with E-state index in [0.717, 1.165) is 0 Å². The van der Waals surface area contributed by atoms with Gasteiger partial charge in [-0.3, -0.25) is 14.4 Å². The number of Topliss-reactive ketones (excluding diaryl/α,β-unsaturated/α-hetero) is 2. The van der Waals surface area contributed by atoms with Crippen molar-refractivity contribution in [2.24, 2.45) is 5.92 Å². The molecule has 2 aromatic rings.